The quantitative estimate of drug-likeness (QED) is 0.799. The molecule has 1 heterocycles. The van der Waals surface area contributed by atoms with Crippen molar-refractivity contribution in [1.29, 1.82) is 0 Å². The molecule has 1 aromatic rings. The number of benzene rings is 1. The van der Waals surface area contributed by atoms with E-state index in [2.05, 4.69) is 11.4 Å². The highest BCUT2D eigenvalue weighted by Crippen LogP contribution is 2.34. The predicted molar refractivity (Wildman–Crippen MR) is 64.2 cm³/mol. The molecule has 0 atom stereocenters. The molecular formula is C12H16ClNO. The van der Waals surface area contributed by atoms with Crippen molar-refractivity contribution in [2.24, 2.45) is 0 Å². The lowest BCUT2D eigenvalue weighted by Crippen LogP contribution is -2.14. The van der Waals surface area contributed by atoms with E-state index in [-0.39, 0.29) is 0 Å². The third kappa shape index (κ3) is 2.05. The first-order valence-electron chi connectivity index (χ1n) is 5.35. The molecule has 0 aromatic heterocycles. The van der Waals surface area contributed by atoms with Crippen LogP contribution in [-0.2, 0) is 12.8 Å². The van der Waals surface area contributed by atoms with Gasteiger partial charge >= 0.3 is 0 Å². The molecule has 1 aromatic carbocycles. The number of nitrogens with one attached hydrogen (secondary N) is 1. The van der Waals surface area contributed by atoms with Crippen LogP contribution in [0.5, 0.6) is 5.75 Å². The molecule has 0 aliphatic carbocycles. The molecule has 0 saturated carbocycles. The third-order valence-electron chi connectivity index (χ3n) is 2.86. The Labute approximate surface area is 95.6 Å². The standard InChI is InChI=1S/C12H16ClNO/c1-15-11-5-4-9(6-7-13)10-3-2-8-14-12(10)11/h4-5,14H,2-3,6-8H2,1H3. The summed E-state index contributed by atoms with van der Waals surface area (Å²) in [5, 5.41) is 3.41. The molecule has 1 N–H and O–H groups in total. The number of hydrogen-bond donors (Lipinski definition) is 1. The summed E-state index contributed by atoms with van der Waals surface area (Å²) in [7, 11) is 1.72. The van der Waals surface area contributed by atoms with E-state index in [9.17, 15) is 0 Å². The van der Waals surface area contributed by atoms with Gasteiger partial charge in [-0.05, 0) is 36.5 Å². The number of anilines is 1. The predicted octanol–water partition coefficient (Wildman–Crippen LogP) is 2.83. The molecule has 82 valence electrons. The Hall–Kier alpha value is -0.890. The Bertz CT molecular complexity index is 352. The molecule has 1 aliphatic heterocycles. The summed E-state index contributed by atoms with van der Waals surface area (Å²) in [6, 6.07) is 4.16. The summed E-state index contributed by atoms with van der Waals surface area (Å²) in [6.07, 6.45) is 3.26. The van der Waals surface area contributed by atoms with Gasteiger partial charge in [-0.1, -0.05) is 6.07 Å². The van der Waals surface area contributed by atoms with Crippen LogP contribution in [-0.4, -0.2) is 19.5 Å². The maximum absolute atomic E-state index is 5.80. The lowest BCUT2D eigenvalue weighted by atomic mass is 9.95. The SMILES string of the molecule is COc1ccc(CCCl)c2c1NCCC2. The number of methoxy groups -OCH3 is 1. The molecule has 2 nitrogen and oxygen atoms in total. The first-order valence-corrected chi connectivity index (χ1v) is 5.89. The smallest absolute Gasteiger partial charge is 0.142 e. The van der Waals surface area contributed by atoms with Gasteiger partial charge in [0.15, 0.2) is 0 Å². The van der Waals surface area contributed by atoms with Gasteiger partial charge in [-0.25, -0.2) is 0 Å². The number of alkyl halides is 1. The van der Waals surface area contributed by atoms with E-state index in [4.69, 9.17) is 16.3 Å². The second-order valence-corrected chi connectivity index (χ2v) is 4.13. The zero-order chi connectivity index (χ0) is 10.7. The highest BCUT2D eigenvalue weighted by molar-refractivity contribution is 6.18. The minimum atomic E-state index is 0.679. The van der Waals surface area contributed by atoms with Gasteiger partial charge < -0.3 is 10.1 Å². The molecule has 0 radical (unpaired) electrons. The van der Waals surface area contributed by atoms with Crippen molar-refractivity contribution in [1.82, 2.24) is 0 Å². The lowest BCUT2D eigenvalue weighted by Gasteiger charge is -2.23. The van der Waals surface area contributed by atoms with E-state index in [0.717, 1.165) is 25.1 Å². The number of aryl methyl sites for hydroxylation is 1. The fraction of sp³-hybridized carbons (Fsp3) is 0.500. The van der Waals surface area contributed by atoms with Crippen LogP contribution in [0.15, 0.2) is 12.1 Å². The number of rotatable bonds is 3. The summed E-state index contributed by atoms with van der Waals surface area (Å²) in [5.41, 5.74) is 3.92. The molecule has 0 fully saturated rings. The fourth-order valence-electron chi connectivity index (χ4n) is 2.13. The van der Waals surface area contributed by atoms with Crippen molar-refractivity contribution in [3.63, 3.8) is 0 Å². The summed E-state index contributed by atoms with van der Waals surface area (Å²) in [5.74, 6) is 1.63. The monoisotopic (exact) mass is 225 g/mol. The van der Waals surface area contributed by atoms with Crippen LogP contribution >= 0.6 is 11.6 Å². The van der Waals surface area contributed by atoms with Gasteiger partial charge in [0.25, 0.3) is 0 Å². The van der Waals surface area contributed by atoms with Crippen molar-refractivity contribution < 1.29 is 4.74 Å². The van der Waals surface area contributed by atoms with Gasteiger partial charge in [0, 0.05) is 12.4 Å². The third-order valence-corrected chi connectivity index (χ3v) is 3.05. The molecule has 2 rings (SSSR count). The zero-order valence-electron chi connectivity index (χ0n) is 8.98. The topological polar surface area (TPSA) is 21.3 Å². The minimum absolute atomic E-state index is 0.679. The van der Waals surface area contributed by atoms with Gasteiger partial charge in [-0.3, -0.25) is 0 Å². The highest BCUT2D eigenvalue weighted by atomic mass is 35.5. The van der Waals surface area contributed by atoms with Gasteiger partial charge in [0.1, 0.15) is 5.75 Å². The van der Waals surface area contributed by atoms with E-state index < -0.39 is 0 Å². The minimum Gasteiger partial charge on any atom is -0.495 e. The first kappa shape index (κ1) is 10.6. The zero-order valence-corrected chi connectivity index (χ0v) is 9.73. The first-order chi connectivity index (χ1) is 7.36. The normalized spacial score (nSPS) is 14.3. The Morgan fingerprint density at radius 3 is 3.07 bits per heavy atom. The molecule has 0 bridgehead atoms. The van der Waals surface area contributed by atoms with Crippen molar-refractivity contribution in [3.05, 3.63) is 23.3 Å². The molecule has 0 amide bonds. The molecule has 1 aliphatic rings. The highest BCUT2D eigenvalue weighted by Gasteiger charge is 2.16. The van der Waals surface area contributed by atoms with E-state index in [0.29, 0.717) is 5.88 Å². The Balaban J connectivity index is 2.42. The van der Waals surface area contributed by atoms with Gasteiger partial charge in [-0.15, -0.1) is 11.6 Å². The number of hydrogen-bond acceptors (Lipinski definition) is 2. The van der Waals surface area contributed by atoms with Crippen LogP contribution in [0.25, 0.3) is 0 Å². The van der Waals surface area contributed by atoms with Crippen LogP contribution < -0.4 is 10.1 Å². The largest absolute Gasteiger partial charge is 0.495 e. The van der Waals surface area contributed by atoms with Crippen LogP contribution in [0.4, 0.5) is 5.69 Å². The van der Waals surface area contributed by atoms with Crippen LogP contribution in [0.2, 0.25) is 0 Å². The van der Waals surface area contributed by atoms with Gasteiger partial charge in [-0.2, -0.15) is 0 Å². The summed E-state index contributed by atoms with van der Waals surface area (Å²) >= 11 is 5.80. The van der Waals surface area contributed by atoms with Crippen LogP contribution in [0, 0.1) is 0 Å². The Kier molecular flexibility index (Phi) is 3.37. The molecule has 0 spiro atoms. The lowest BCUT2D eigenvalue weighted by molar-refractivity contribution is 0.415. The molecule has 0 saturated heterocycles. The van der Waals surface area contributed by atoms with Crippen LogP contribution in [0.1, 0.15) is 17.5 Å². The molecule has 0 unspecified atom stereocenters. The van der Waals surface area contributed by atoms with Crippen molar-refractivity contribution in [2.45, 2.75) is 19.3 Å². The number of halogens is 1. The summed E-state index contributed by atoms with van der Waals surface area (Å²) in [4.78, 5) is 0. The average Bonchev–Trinajstić information content (AvgIpc) is 2.30. The second-order valence-electron chi connectivity index (χ2n) is 3.75. The second kappa shape index (κ2) is 4.75. The Morgan fingerprint density at radius 2 is 2.33 bits per heavy atom. The van der Waals surface area contributed by atoms with E-state index in [1.54, 1.807) is 7.11 Å². The number of ether oxygens (including phenoxy) is 1. The van der Waals surface area contributed by atoms with Crippen molar-refractivity contribution in [3.8, 4) is 5.75 Å². The molecule has 3 heteroatoms. The van der Waals surface area contributed by atoms with Gasteiger partial charge in [0.05, 0.1) is 12.8 Å². The van der Waals surface area contributed by atoms with Crippen molar-refractivity contribution >= 4 is 17.3 Å². The molecule has 15 heavy (non-hydrogen) atoms. The Morgan fingerprint density at radius 1 is 1.47 bits per heavy atom. The maximum atomic E-state index is 5.80. The fourth-order valence-corrected chi connectivity index (χ4v) is 2.34. The van der Waals surface area contributed by atoms with Crippen LogP contribution in [0.3, 0.4) is 0 Å². The average molecular weight is 226 g/mol. The van der Waals surface area contributed by atoms with E-state index >= 15 is 0 Å². The summed E-state index contributed by atoms with van der Waals surface area (Å²) in [6.45, 7) is 1.04. The number of fused-ring (bicyclic) bond motifs is 1. The molecular weight excluding hydrogens is 210 g/mol. The van der Waals surface area contributed by atoms with Crippen molar-refractivity contribution in [2.75, 3.05) is 24.9 Å². The summed E-state index contributed by atoms with van der Waals surface area (Å²) < 4.78 is 5.35. The van der Waals surface area contributed by atoms with E-state index in [1.165, 1.54) is 23.2 Å². The van der Waals surface area contributed by atoms with E-state index in [1.807, 2.05) is 6.07 Å². The maximum Gasteiger partial charge on any atom is 0.142 e. The van der Waals surface area contributed by atoms with Gasteiger partial charge in [0.2, 0.25) is 0 Å².